The molecule has 1 rings (SSSR count). The van der Waals surface area contributed by atoms with Crippen LogP contribution in [0.15, 0.2) is 18.2 Å². The van der Waals surface area contributed by atoms with E-state index in [2.05, 4.69) is 0 Å². The molecule has 126 valence electrons. The maximum absolute atomic E-state index is 13.5. The number of hydrogen-bond acceptors (Lipinski definition) is 4. The van der Waals surface area contributed by atoms with Gasteiger partial charge in [0, 0.05) is 32.0 Å². The number of rotatable bonds is 8. The predicted molar refractivity (Wildman–Crippen MR) is 81.0 cm³/mol. The maximum atomic E-state index is 13.5. The van der Waals surface area contributed by atoms with Crippen molar-refractivity contribution in [1.29, 1.82) is 0 Å². The molecule has 1 amide bonds. The topological polar surface area (TPSA) is 83.9 Å². The molecule has 0 aliphatic rings. The highest BCUT2D eigenvalue weighted by molar-refractivity contribution is 5.98. The summed E-state index contributed by atoms with van der Waals surface area (Å²) in [5, 5.41) is 8.81. The van der Waals surface area contributed by atoms with Gasteiger partial charge in [-0.2, -0.15) is 0 Å². The minimum atomic E-state index is -0.991. The smallest absolute Gasteiger partial charge is 0.308 e. The van der Waals surface area contributed by atoms with Gasteiger partial charge in [-0.3, -0.25) is 14.4 Å². The molecule has 1 N–H and O–H groups in total. The van der Waals surface area contributed by atoms with E-state index in [1.54, 1.807) is 0 Å². The number of carbonyl (C=O) groups excluding carboxylic acids is 2. The Balaban J connectivity index is 2.57. The SMILES string of the molecule is COc1ccc(C(=O)CCC(=O)N(C)CC(C)C(=O)O)cc1F. The number of carbonyl (C=O) groups is 3. The first kappa shape index (κ1) is 18.6. The van der Waals surface area contributed by atoms with Crippen LogP contribution in [0.3, 0.4) is 0 Å². The molecule has 0 saturated carbocycles. The van der Waals surface area contributed by atoms with E-state index in [1.807, 2.05) is 0 Å². The molecule has 0 aromatic heterocycles. The zero-order valence-electron chi connectivity index (χ0n) is 13.3. The van der Waals surface area contributed by atoms with Crippen molar-refractivity contribution in [1.82, 2.24) is 4.90 Å². The van der Waals surface area contributed by atoms with Crippen molar-refractivity contribution in [3.63, 3.8) is 0 Å². The van der Waals surface area contributed by atoms with Crippen LogP contribution in [0.1, 0.15) is 30.1 Å². The Labute approximate surface area is 133 Å². The molecule has 0 aliphatic carbocycles. The van der Waals surface area contributed by atoms with Gasteiger partial charge in [-0.15, -0.1) is 0 Å². The van der Waals surface area contributed by atoms with Gasteiger partial charge in [0.2, 0.25) is 5.91 Å². The number of carboxylic acid groups (broad SMARTS) is 1. The standard InChI is InChI=1S/C16H20FNO5/c1-10(16(21)22)9-18(2)15(20)7-5-13(19)11-4-6-14(23-3)12(17)8-11/h4,6,8,10H,5,7,9H2,1-3H3,(H,21,22). The highest BCUT2D eigenvalue weighted by atomic mass is 19.1. The molecule has 7 heteroatoms. The summed E-state index contributed by atoms with van der Waals surface area (Å²) < 4.78 is 18.3. The normalized spacial score (nSPS) is 11.7. The molecule has 1 aromatic carbocycles. The summed E-state index contributed by atoms with van der Waals surface area (Å²) in [5.74, 6) is -2.97. The zero-order chi connectivity index (χ0) is 17.6. The number of aliphatic carboxylic acids is 1. The van der Waals surface area contributed by atoms with E-state index in [1.165, 1.54) is 38.1 Å². The van der Waals surface area contributed by atoms with Gasteiger partial charge in [0.15, 0.2) is 17.3 Å². The number of halogens is 1. The Morgan fingerprint density at radius 3 is 2.48 bits per heavy atom. The Bertz CT molecular complexity index is 602. The fraction of sp³-hybridized carbons (Fsp3) is 0.438. The first-order valence-electron chi connectivity index (χ1n) is 7.09. The summed E-state index contributed by atoms with van der Waals surface area (Å²) in [4.78, 5) is 35.9. The van der Waals surface area contributed by atoms with Gasteiger partial charge >= 0.3 is 5.97 Å². The molecule has 0 aliphatic heterocycles. The van der Waals surface area contributed by atoms with Gasteiger partial charge in [-0.05, 0) is 18.2 Å². The van der Waals surface area contributed by atoms with Crippen molar-refractivity contribution in [3.8, 4) is 5.75 Å². The summed E-state index contributed by atoms with van der Waals surface area (Å²) in [7, 11) is 2.81. The molecule has 0 fully saturated rings. The van der Waals surface area contributed by atoms with Crippen LogP contribution in [0, 0.1) is 11.7 Å². The highest BCUT2D eigenvalue weighted by Gasteiger charge is 2.18. The molecule has 6 nitrogen and oxygen atoms in total. The van der Waals surface area contributed by atoms with Crippen molar-refractivity contribution in [2.75, 3.05) is 20.7 Å². The maximum Gasteiger partial charge on any atom is 0.308 e. The van der Waals surface area contributed by atoms with Gasteiger partial charge in [0.25, 0.3) is 0 Å². The van der Waals surface area contributed by atoms with Crippen molar-refractivity contribution in [3.05, 3.63) is 29.6 Å². The lowest BCUT2D eigenvalue weighted by Gasteiger charge is -2.19. The van der Waals surface area contributed by atoms with Crippen LogP contribution in [-0.2, 0) is 9.59 Å². The Kier molecular flexibility index (Phi) is 6.68. The van der Waals surface area contributed by atoms with Crippen LogP contribution < -0.4 is 4.74 Å². The molecule has 0 radical (unpaired) electrons. The summed E-state index contributed by atoms with van der Waals surface area (Å²) in [6.07, 6.45) is -0.133. The number of Topliss-reactive ketones (excluding diaryl/α,β-unsaturated/α-hetero) is 1. The zero-order valence-corrected chi connectivity index (χ0v) is 13.3. The van der Waals surface area contributed by atoms with Crippen molar-refractivity contribution in [2.45, 2.75) is 19.8 Å². The van der Waals surface area contributed by atoms with Crippen LogP contribution in [0.25, 0.3) is 0 Å². The first-order valence-corrected chi connectivity index (χ1v) is 7.09. The number of ether oxygens (including phenoxy) is 1. The number of amides is 1. The van der Waals surface area contributed by atoms with Crippen molar-refractivity contribution >= 4 is 17.7 Å². The van der Waals surface area contributed by atoms with Crippen molar-refractivity contribution in [2.24, 2.45) is 5.92 Å². The number of carboxylic acids is 1. The van der Waals surface area contributed by atoms with Gasteiger partial charge in [0.05, 0.1) is 13.0 Å². The number of nitrogens with zero attached hydrogens (tertiary/aromatic N) is 1. The van der Waals surface area contributed by atoms with Crippen LogP contribution in [0.2, 0.25) is 0 Å². The van der Waals surface area contributed by atoms with E-state index < -0.39 is 17.7 Å². The Morgan fingerprint density at radius 2 is 1.96 bits per heavy atom. The monoisotopic (exact) mass is 325 g/mol. The second-order valence-electron chi connectivity index (χ2n) is 5.29. The average Bonchev–Trinajstić information content (AvgIpc) is 2.51. The lowest BCUT2D eigenvalue weighted by atomic mass is 10.1. The summed E-state index contributed by atoms with van der Waals surface area (Å²) >= 11 is 0. The minimum absolute atomic E-state index is 0.0417. The molecule has 23 heavy (non-hydrogen) atoms. The summed E-state index contributed by atoms with van der Waals surface area (Å²) in [6.45, 7) is 1.57. The lowest BCUT2D eigenvalue weighted by molar-refractivity contribution is -0.142. The molecule has 0 bridgehead atoms. The highest BCUT2D eigenvalue weighted by Crippen LogP contribution is 2.19. The number of ketones is 1. The van der Waals surface area contributed by atoms with E-state index in [4.69, 9.17) is 9.84 Å². The number of benzene rings is 1. The van der Waals surface area contributed by atoms with E-state index in [-0.39, 0.29) is 42.4 Å². The van der Waals surface area contributed by atoms with Gasteiger partial charge in [-0.25, -0.2) is 4.39 Å². The molecule has 1 atom stereocenters. The largest absolute Gasteiger partial charge is 0.494 e. The molecule has 0 saturated heterocycles. The fourth-order valence-electron chi connectivity index (χ4n) is 1.99. The predicted octanol–water partition coefficient (Wildman–Crippen LogP) is 1.98. The van der Waals surface area contributed by atoms with Crippen LogP contribution in [-0.4, -0.2) is 48.4 Å². The van der Waals surface area contributed by atoms with Gasteiger partial charge < -0.3 is 14.7 Å². The molecular weight excluding hydrogens is 305 g/mol. The number of hydrogen-bond donors (Lipinski definition) is 1. The Hall–Kier alpha value is -2.44. The Morgan fingerprint density at radius 1 is 1.30 bits per heavy atom. The van der Waals surface area contributed by atoms with Gasteiger partial charge in [0.1, 0.15) is 0 Å². The van der Waals surface area contributed by atoms with Gasteiger partial charge in [-0.1, -0.05) is 6.92 Å². The van der Waals surface area contributed by atoms with E-state index in [0.717, 1.165) is 6.07 Å². The van der Waals surface area contributed by atoms with E-state index in [0.29, 0.717) is 0 Å². The summed E-state index contributed by atoms with van der Waals surface area (Å²) in [6, 6.07) is 3.86. The molecule has 0 spiro atoms. The molecule has 1 aromatic rings. The number of methoxy groups -OCH3 is 1. The third-order valence-electron chi connectivity index (χ3n) is 3.43. The third-order valence-corrected chi connectivity index (χ3v) is 3.43. The minimum Gasteiger partial charge on any atom is -0.494 e. The van der Waals surface area contributed by atoms with E-state index in [9.17, 15) is 18.8 Å². The first-order chi connectivity index (χ1) is 10.8. The van der Waals surface area contributed by atoms with Crippen LogP contribution in [0.4, 0.5) is 4.39 Å². The second kappa shape index (κ2) is 8.26. The average molecular weight is 325 g/mol. The third kappa shape index (κ3) is 5.36. The molecule has 0 heterocycles. The fourth-order valence-corrected chi connectivity index (χ4v) is 1.99. The van der Waals surface area contributed by atoms with Crippen molar-refractivity contribution < 1.29 is 28.6 Å². The summed E-state index contributed by atoms with van der Waals surface area (Å²) in [5.41, 5.74) is 0.164. The molecular formula is C16H20FNO5. The van der Waals surface area contributed by atoms with E-state index >= 15 is 0 Å². The van der Waals surface area contributed by atoms with Crippen LogP contribution >= 0.6 is 0 Å². The van der Waals surface area contributed by atoms with Crippen LogP contribution in [0.5, 0.6) is 5.75 Å². The quantitative estimate of drug-likeness (QED) is 0.739. The second-order valence-corrected chi connectivity index (χ2v) is 5.29. The lowest BCUT2D eigenvalue weighted by Crippen LogP contribution is -2.33. The molecule has 1 unspecified atom stereocenters.